The van der Waals surface area contributed by atoms with Crippen molar-refractivity contribution in [2.45, 2.75) is 13.0 Å². The molecule has 4 aromatic rings. The van der Waals surface area contributed by atoms with Crippen LogP contribution in [-0.2, 0) is 13.0 Å². The second-order valence-corrected chi connectivity index (χ2v) is 8.30. The quantitative estimate of drug-likeness (QED) is 0.302. The first-order valence-corrected chi connectivity index (χ1v) is 11.5. The van der Waals surface area contributed by atoms with Crippen molar-refractivity contribution in [3.05, 3.63) is 82.8 Å². The zero-order valence-corrected chi connectivity index (χ0v) is 19.0. The highest BCUT2D eigenvalue weighted by molar-refractivity contribution is 5.94. The van der Waals surface area contributed by atoms with Gasteiger partial charge < -0.3 is 15.5 Å². The minimum absolute atomic E-state index is 0.193. The van der Waals surface area contributed by atoms with E-state index in [2.05, 4.69) is 20.6 Å². The fourth-order valence-electron chi connectivity index (χ4n) is 4.11. The fourth-order valence-corrected chi connectivity index (χ4v) is 4.11. The van der Waals surface area contributed by atoms with Gasteiger partial charge in [0.05, 0.1) is 17.1 Å². The molecule has 1 aliphatic rings. The first kappa shape index (κ1) is 22.6. The van der Waals surface area contributed by atoms with E-state index in [0.717, 1.165) is 31.7 Å². The van der Waals surface area contributed by atoms with Crippen LogP contribution < -0.4 is 16.2 Å². The zero-order valence-electron chi connectivity index (χ0n) is 19.0. The van der Waals surface area contributed by atoms with Crippen molar-refractivity contribution in [1.82, 2.24) is 29.7 Å². The van der Waals surface area contributed by atoms with Crippen molar-refractivity contribution in [2.75, 3.05) is 31.5 Å². The lowest BCUT2D eigenvalue weighted by atomic mass is 10.1. The maximum Gasteiger partial charge on any atom is 0.261 e. The SMILES string of the molecule is N=C(Nc1ccc2c(=O)n(CCc3ccc(F)cc3)c(-c3cnccn3)nc2c1)N1CCNCC1. The molecule has 1 aliphatic heterocycles. The molecule has 0 bridgehead atoms. The van der Waals surface area contributed by atoms with Gasteiger partial charge in [0.2, 0.25) is 0 Å². The Labute approximate surface area is 201 Å². The van der Waals surface area contributed by atoms with Crippen LogP contribution >= 0.6 is 0 Å². The molecule has 0 aliphatic carbocycles. The van der Waals surface area contributed by atoms with E-state index in [9.17, 15) is 9.18 Å². The van der Waals surface area contributed by atoms with E-state index in [-0.39, 0.29) is 11.4 Å². The first-order chi connectivity index (χ1) is 17.1. The minimum Gasteiger partial charge on any atom is -0.340 e. The lowest BCUT2D eigenvalue weighted by molar-refractivity contribution is 0.355. The average molecular weight is 473 g/mol. The molecule has 0 amide bonds. The van der Waals surface area contributed by atoms with Gasteiger partial charge in [-0.2, -0.15) is 0 Å². The summed E-state index contributed by atoms with van der Waals surface area (Å²) in [7, 11) is 0. The summed E-state index contributed by atoms with van der Waals surface area (Å²) in [6.45, 7) is 3.54. The largest absolute Gasteiger partial charge is 0.340 e. The van der Waals surface area contributed by atoms with Crippen molar-refractivity contribution in [3.8, 4) is 11.5 Å². The van der Waals surface area contributed by atoms with Gasteiger partial charge in [-0.05, 0) is 42.3 Å². The minimum atomic E-state index is -0.298. The van der Waals surface area contributed by atoms with Crippen molar-refractivity contribution >= 4 is 22.5 Å². The maximum absolute atomic E-state index is 13.5. The van der Waals surface area contributed by atoms with Crippen LogP contribution in [0.3, 0.4) is 0 Å². The molecule has 0 spiro atoms. The number of hydrogen-bond acceptors (Lipinski definition) is 6. The number of aromatic nitrogens is 4. The van der Waals surface area contributed by atoms with E-state index in [1.54, 1.807) is 53.5 Å². The number of halogens is 1. The Hall–Kier alpha value is -4.18. The van der Waals surface area contributed by atoms with E-state index in [0.29, 0.717) is 47.0 Å². The van der Waals surface area contributed by atoms with E-state index >= 15 is 0 Å². The summed E-state index contributed by atoms with van der Waals surface area (Å²) in [6, 6.07) is 11.5. The third kappa shape index (κ3) is 5.02. The highest BCUT2D eigenvalue weighted by Crippen LogP contribution is 2.20. The number of rotatable bonds is 5. The van der Waals surface area contributed by atoms with Gasteiger partial charge in [0.15, 0.2) is 11.8 Å². The molecule has 178 valence electrons. The summed E-state index contributed by atoms with van der Waals surface area (Å²) in [5.41, 5.74) is 2.39. The molecule has 10 heteroatoms. The van der Waals surface area contributed by atoms with E-state index in [1.807, 2.05) is 4.90 Å². The van der Waals surface area contributed by atoms with E-state index in [1.165, 1.54) is 12.1 Å². The summed E-state index contributed by atoms with van der Waals surface area (Å²) < 4.78 is 14.9. The smallest absolute Gasteiger partial charge is 0.261 e. The number of aryl methyl sites for hydroxylation is 1. The number of fused-ring (bicyclic) bond motifs is 1. The maximum atomic E-state index is 13.5. The molecule has 1 fully saturated rings. The number of nitrogens with one attached hydrogen (secondary N) is 3. The van der Waals surface area contributed by atoms with Gasteiger partial charge in [0.25, 0.3) is 5.56 Å². The number of hydrogen-bond donors (Lipinski definition) is 3. The van der Waals surface area contributed by atoms with Crippen molar-refractivity contribution in [2.24, 2.45) is 0 Å². The molecule has 5 rings (SSSR count). The molecule has 2 aromatic heterocycles. The van der Waals surface area contributed by atoms with Gasteiger partial charge in [-0.1, -0.05) is 12.1 Å². The Morgan fingerprint density at radius 3 is 2.66 bits per heavy atom. The molecule has 3 heterocycles. The predicted molar refractivity (Wildman–Crippen MR) is 133 cm³/mol. The molecule has 2 aromatic carbocycles. The highest BCUT2D eigenvalue weighted by atomic mass is 19.1. The Balaban J connectivity index is 1.50. The molecule has 35 heavy (non-hydrogen) atoms. The van der Waals surface area contributed by atoms with Crippen LogP contribution in [0.1, 0.15) is 5.56 Å². The Morgan fingerprint density at radius 2 is 1.91 bits per heavy atom. The van der Waals surface area contributed by atoms with E-state index < -0.39 is 0 Å². The molecule has 0 radical (unpaired) electrons. The third-order valence-corrected chi connectivity index (χ3v) is 5.98. The van der Waals surface area contributed by atoms with Gasteiger partial charge in [-0.25, -0.2) is 14.4 Å². The standard InChI is InChI=1S/C25H25FN8O/c26-18-3-1-17(2-4-18)7-12-34-23(22-16-29-8-9-30-22)32-21-15-19(5-6-20(21)24(34)35)31-25(27)33-13-10-28-11-14-33/h1-6,8-9,15-16,28H,7,10-14H2,(H2,27,31). The van der Waals surface area contributed by atoms with Gasteiger partial charge in [-0.3, -0.25) is 19.8 Å². The van der Waals surface area contributed by atoms with Crippen LogP contribution in [0.25, 0.3) is 22.4 Å². The van der Waals surface area contributed by atoms with Gasteiger partial charge in [-0.15, -0.1) is 0 Å². The molecule has 0 saturated carbocycles. The molecule has 1 saturated heterocycles. The van der Waals surface area contributed by atoms with Crippen LogP contribution in [0.2, 0.25) is 0 Å². The normalized spacial score (nSPS) is 13.7. The number of nitrogens with zero attached hydrogens (tertiary/aromatic N) is 5. The average Bonchev–Trinajstić information content (AvgIpc) is 2.90. The number of guanidine groups is 1. The topological polar surface area (TPSA) is 112 Å². The van der Waals surface area contributed by atoms with Crippen LogP contribution in [0.5, 0.6) is 0 Å². The Bertz CT molecular complexity index is 1400. The molecule has 3 N–H and O–H groups in total. The summed E-state index contributed by atoms with van der Waals surface area (Å²) in [6.07, 6.45) is 5.23. The lowest BCUT2D eigenvalue weighted by Crippen LogP contribution is -2.48. The first-order valence-electron chi connectivity index (χ1n) is 11.5. The van der Waals surface area contributed by atoms with Crippen LogP contribution in [0.4, 0.5) is 10.1 Å². The molecular formula is C25H25FN8O. The van der Waals surface area contributed by atoms with Crippen molar-refractivity contribution in [3.63, 3.8) is 0 Å². The Morgan fingerprint density at radius 1 is 1.11 bits per heavy atom. The number of anilines is 1. The summed E-state index contributed by atoms with van der Waals surface area (Å²) in [5.74, 6) is 0.424. The van der Waals surface area contributed by atoms with Crippen molar-refractivity contribution < 1.29 is 4.39 Å². The number of piperazine rings is 1. The number of benzene rings is 2. The summed E-state index contributed by atoms with van der Waals surface area (Å²) in [5, 5.41) is 15.3. The van der Waals surface area contributed by atoms with Crippen LogP contribution in [0, 0.1) is 11.2 Å². The third-order valence-electron chi connectivity index (χ3n) is 5.98. The fraction of sp³-hybridized carbons (Fsp3) is 0.240. The van der Waals surface area contributed by atoms with Gasteiger partial charge in [0, 0.05) is 50.8 Å². The van der Waals surface area contributed by atoms with Gasteiger partial charge in [0.1, 0.15) is 11.5 Å². The summed E-state index contributed by atoms with van der Waals surface area (Å²) in [4.78, 5) is 28.8. The molecule has 0 unspecified atom stereocenters. The van der Waals surface area contributed by atoms with E-state index in [4.69, 9.17) is 10.4 Å². The van der Waals surface area contributed by atoms with Gasteiger partial charge >= 0.3 is 0 Å². The summed E-state index contributed by atoms with van der Waals surface area (Å²) >= 11 is 0. The molecular weight excluding hydrogens is 447 g/mol. The predicted octanol–water partition coefficient (Wildman–Crippen LogP) is 2.49. The highest BCUT2D eigenvalue weighted by Gasteiger charge is 2.16. The molecule has 9 nitrogen and oxygen atoms in total. The monoisotopic (exact) mass is 472 g/mol. The zero-order chi connectivity index (χ0) is 24.2. The Kier molecular flexibility index (Phi) is 6.44. The van der Waals surface area contributed by atoms with Crippen LogP contribution in [-0.4, -0.2) is 56.6 Å². The second-order valence-electron chi connectivity index (χ2n) is 8.30. The van der Waals surface area contributed by atoms with Crippen LogP contribution in [0.15, 0.2) is 65.8 Å². The van der Waals surface area contributed by atoms with Crippen molar-refractivity contribution in [1.29, 1.82) is 5.41 Å². The molecule has 0 atom stereocenters. The second kappa shape index (κ2) is 9.98. The lowest BCUT2D eigenvalue weighted by Gasteiger charge is -2.29.